The third-order valence-corrected chi connectivity index (χ3v) is 9.60. The molecule has 2 aliphatic heterocycles. The minimum atomic E-state index is -0.695. The molecular weight excluding hydrogens is 727 g/mol. The standard InChI is InChI=1S/C45H65N3O9/c1-42(2,3)54-38(50)35(32-19-21-47(27-32)40(52)56-44(7,8)9)25-29-15-13-17-31(23-29)37(49)46-34-18-14-16-30(24-34)26-36(39(51)55-43(4,5)6)33-20-22-48(28-33)41(53)57-45(10,11)12/h13-18,23-24,32-33,35-36H,19-22,25-28H2,1-12H3,(H,46,49)/t32-,33-,35-,36-/m0/s1. The van der Waals surface area contributed by atoms with E-state index in [1.165, 1.54) is 0 Å². The molecule has 0 radical (unpaired) electrons. The number of benzene rings is 2. The van der Waals surface area contributed by atoms with Crippen LogP contribution in [0.25, 0.3) is 0 Å². The van der Waals surface area contributed by atoms with E-state index in [1.807, 2.05) is 107 Å². The van der Waals surface area contributed by atoms with Gasteiger partial charge in [0.1, 0.15) is 22.4 Å². The van der Waals surface area contributed by atoms with Crippen LogP contribution in [0.4, 0.5) is 15.3 Å². The molecule has 314 valence electrons. The third-order valence-electron chi connectivity index (χ3n) is 9.60. The van der Waals surface area contributed by atoms with Crippen LogP contribution in [0.3, 0.4) is 0 Å². The molecule has 0 aromatic heterocycles. The minimum Gasteiger partial charge on any atom is -0.460 e. The highest BCUT2D eigenvalue weighted by Gasteiger charge is 2.41. The van der Waals surface area contributed by atoms with Crippen LogP contribution in [0.15, 0.2) is 48.5 Å². The number of hydrogen-bond acceptors (Lipinski definition) is 9. The summed E-state index contributed by atoms with van der Waals surface area (Å²) < 4.78 is 22.9. The van der Waals surface area contributed by atoms with Crippen molar-refractivity contribution in [2.24, 2.45) is 23.7 Å². The summed E-state index contributed by atoms with van der Waals surface area (Å²) in [5.74, 6) is -2.35. The highest BCUT2D eigenvalue weighted by atomic mass is 16.6. The quantitative estimate of drug-likeness (QED) is 0.185. The Labute approximate surface area is 339 Å². The Morgan fingerprint density at radius 3 is 1.42 bits per heavy atom. The Bertz CT molecular complexity index is 1760. The number of carbonyl (C=O) groups is 5. The van der Waals surface area contributed by atoms with Crippen LogP contribution in [0.5, 0.6) is 0 Å². The van der Waals surface area contributed by atoms with Crippen molar-refractivity contribution in [1.29, 1.82) is 0 Å². The first-order chi connectivity index (χ1) is 26.2. The first kappa shape index (κ1) is 45.1. The van der Waals surface area contributed by atoms with Gasteiger partial charge in [0.15, 0.2) is 0 Å². The van der Waals surface area contributed by atoms with Gasteiger partial charge in [-0.3, -0.25) is 14.4 Å². The molecule has 3 amide bonds. The van der Waals surface area contributed by atoms with E-state index < -0.39 is 46.4 Å². The molecule has 0 aliphatic carbocycles. The lowest BCUT2D eigenvalue weighted by Crippen LogP contribution is -2.38. The lowest BCUT2D eigenvalue weighted by molar-refractivity contribution is -0.163. The first-order valence-corrected chi connectivity index (χ1v) is 20.2. The van der Waals surface area contributed by atoms with E-state index >= 15 is 0 Å². The molecule has 2 heterocycles. The van der Waals surface area contributed by atoms with E-state index in [0.29, 0.717) is 63.1 Å². The molecule has 2 aliphatic rings. The Kier molecular flexibility index (Phi) is 14.2. The number of nitrogens with one attached hydrogen (secondary N) is 1. The lowest BCUT2D eigenvalue weighted by Gasteiger charge is -2.28. The fourth-order valence-corrected chi connectivity index (χ4v) is 7.18. The highest BCUT2D eigenvalue weighted by Crippen LogP contribution is 2.33. The van der Waals surface area contributed by atoms with Gasteiger partial charge in [0, 0.05) is 37.4 Å². The molecule has 12 heteroatoms. The summed E-state index contributed by atoms with van der Waals surface area (Å²) in [5.41, 5.74) is -0.0301. The molecule has 0 bridgehead atoms. The number of esters is 2. The number of rotatable bonds is 10. The van der Waals surface area contributed by atoms with Gasteiger partial charge in [0.2, 0.25) is 0 Å². The van der Waals surface area contributed by atoms with Gasteiger partial charge >= 0.3 is 24.1 Å². The molecular formula is C45H65N3O9. The van der Waals surface area contributed by atoms with E-state index in [0.717, 1.165) is 11.1 Å². The predicted octanol–water partition coefficient (Wildman–Crippen LogP) is 8.45. The van der Waals surface area contributed by atoms with Crippen LogP contribution in [0, 0.1) is 23.7 Å². The molecule has 4 rings (SSSR count). The number of carbonyl (C=O) groups excluding carboxylic acids is 5. The van der Waals surface area contributed by atoms with E-state index in [4.69, 9.17) is 18.9 Å². The van der Waals surface area contributed by atoms with E-state index in [2.05, 4.69) is 5.32 Å². The zero-order valence-corrected chi connectivity index (χ0v) is 36.2. The Balaban J connectivity index is 1.48. The molecule has 0 saturated carbocycles. The van der Waals surface area contributed by atoms with Crippen LogP contribution in [-0.4, -0.2) is 88.4 Å². The number of nitrogens with zero attached hydrogens (tertiary/aromatic N) is 2. The van der Waals surface area contributed by atoms with Gasteiger partial charge in [-0.25, -0.2) is 9.59 Å². The molecule has 2 aromatic rings. The maximum absolute atomic E-state index is 13.7. The fraction of sp³-hybridized carbons (Fsp3) is 0.622. The van der Waals surface area contributed by atoms with Gasteiger partial charge in [-0.1, -0.05) is 24.3 Å². The maximum atomic E-state index is 13.7. The first-order valence-electron chi connectivity index (χ1n) is 20.2. The second-order valence-corrected chi connectivity index (χ2v) is 19.5. The van der Waals surface area contributed by atoms with Gasteiger partial charge in [-0.15, -0.1) is 0 Å². The van der Waals surface area contributed by atoms with E-state index in [9.17, 15) is 24.0 Å². The number of ether oxygens (including phenoxy) is 4. The molecule has 0 unspecified atom stereocenters. The average molecular weight is 792 g/mol. The molecule has 2 fully saturated rings. The molecule has 0 spiro atoms. The van der Waals surface area contributed by atoms with Crippen LogP contribution in [0.1, 0.15) is 117 Å². The summed E-state index contributed by atoms with van der Waals surface area (Å²) in [4.78, 5) is 69.9. The Morgan fingerprint density at radius 1 is 0.596 bits per heavy atom. The summed E-state index contributed by atoms with van der Waals surface area (Å²) in [5, 5.41) is 3.00. The zero-order chi connectivity index (χ0) is 42.5. The van der Waals surface area contributed by atoms with Crippen molar-refractivity contribution in [3.05, 3.63) is 65.2 Å². The summed E-state index contributed by atoms with van der Waals surface area (Å²) in [6, 6.07) is 14.6. The molecule has 2 aromatic carbocycles. The van der Waals surface area contributed by atoms with Crippen molar-refractivity contribution >= 4 is 35.7 Å². The number of anilines is 1. The van der Waals surface area contributed by atoms with Crippen LogP contribution in [-0.2, 0) is 41.4 Å². The second kappa shape index (κ2) is 17.9. The molecule has 57 heavy (non-hydrogen) atoms. The Hall–Kier alpha value is -4.61. The largest absolute Gasteiger partial charge is 0.460 e. The Morgan fingerprint density at radius 2 is 1.00 bits per heavy atom. The summed E-state index contributed by atoms with van der Waals surface area (Å²) in [6.07, 6.45) is 1.14. The highest BCUT2D eigenvalue weighted by molar-refractivity contribution is 6.04. The minimum absolute atomic E-state index is 0.137. The third kappa shape index (κ3) is 14.4. The summed E-state index contributed by atoms with van der Waals surface area (Å²) in [6.45, 7) is 23.6. The second-order valence-electron chi connectivity index (χ2n) is 19.5. The van der Waals surface area contributed by atoms with Crippen molar-refractivity contribution in [1.82, 2.24) is 9.80 Å². The molecule has 12 nitrogen and oxygen atoms in total. The average Bonchev–Trinajstić information content (AvgIpc) is 3.74. The van der Waals surface area contributed by atoms with Crippen molar-refractivity contribution in [3.8, 4) is 0 Å². The van der Waals surface area contributed by atoms with Crippen LogP contribution < -0.4 is 5.32 Å². The van der Waals surface area contributed by atoms with Crippen molar-refractivity contribution in [3.63, 3.8) is 0 Å². The number of hydrogen-bond donors (Lipinski definition) is 1. The van der Waals surface area contributed by atoms with Gasteiger partial charge < -0.3 is 34.1 Å². The van der Waals surface area contributed by atoms with Gasteiger partial charge in [-0.05, 0) is 156 Å². The van der Waals surface area contributed by atoms with Crippen LogP contribution in [0.2, 0.25) is 0 Å². The normalized spacial score (nSPS) is 18.7. The predicted molar refractivity (Wildman–Crippen MR) is 219 cm³/mol. The van der Waals surface area contributed by atoms with Crippen molar-refractivity contribution < 1.29 is 42.9 Å². The fourth-order valence-electron chi connectivity index (χ4n) is 7.18. The molecule has 1 N–H and O–H groups in total. The number of amides is 3. The topological polar surface area (TPSA) is 141 Å². The number of likely N-dealkylation sites (tertiary alicyclic amines) is 2. The lowest BCUT2D eigenvalue weighted by atomic mass is 9.85. The maximum Gasteiger partial charge on any atom is 0.410 e. The smallest absolute Gasteiger partial charge is 0.410 e. The van der Waals surface area contributed by atoms with Crippen molar-refractivity contribution in [2.75, 3.05) is 31.5 Å². The molecule has 2 saturated heterocycles. The van der Waals surface area contributed by atoms with E-state index in [-0.39, 0.29) is 29.7 Å². The van der Waals surface area contributed by atoms with E-state index in [1.54, 1.807) is 34.1 Å². The monoisotopic (exact) mass is 791 g/mol. The summed E-state index contributed by atoms with van der Waals surface area (Å²) in [7, 11) is 0. The van der Waals surface area contributed by atoms with Crippen LogP contribution >= 0.6 is 0 Å². The SMILES string of the molecule is CC(C)(C)OC(=O)[C@@H](Cc1cccc(NC(=O)c2cccc(C[C@H](C(=O)OC(C)(C)C)[C@H]3CCN(C(=O)OC(C)(C)C)C3)c2)c1)[C@H]1CCN(C(=O)OC(C)(C)C)C1. The zero-order valence-electron chi connectivity index (χ0n) is 36.2. The van der Waals surface area contributed by atoms with Gasteiger partial charge in [0.25, 0.3) is 5.91 Å². The van der Waals surface area contributed by atoms with Crippen molar-refractivity contribution in [2.45, 2.75) is 131 Å². The van der Waals surface area contributed by atoms with Gasteiger partial charge in [0.05, 0.1) is 11.8 Å². The van der Waals surface area contributed by atoms with Gasteiger partial charge in [-0.2, -0.15) is 0 Å². The molecule has 4 atom stereocenters. The summed E-state index contributed by atoms with van der Waals surface area (Å²) >= 11 is 0.